The number of benzene rings is 1. The largest absolute Gasteiger partial charge is 0.372 e. The number of ether oxygens (including phenoxy) is 1. The Morgan fingerprint density at radius 1 is 1.29 bits per heavy atom. The van der Waals surface area contributed by atoms with Crippen LogP contribution in [0.4, 0.5) is 0 Å². The van der Waals surface area contributed by atoms with E-state index in [2.05, 4.69) is 67.6 Å². The summed E-state index contributed by atoms with van der Waals surface area (Å²) in [6.07, 6.45) is 2.74. The van der Waals surface area contributed by atoms with E-state index in [9.17, 15) is 0 Å². The summed E-state index contributed by atoms with van der Waals surface area (Å²) in [6, 6.07) is 8.53. The lowest BCUT2D eigenvalue weighted by Crippen LogP contribution is -2.13. The second-order valence-electron chi connectivity index (χ2n) is 4.73. The second kappa shape index (κ2) is 8.09. The Bertz CT molecular complexity index is 324. The molecule has 0 radical (unpaired) electrons. The third kappa shape index (κ3) is 4.96. The van der Waals surface area contributed by atoms with Crippen LogP contribution in [-0.4, -0.2) is 11.0 Å². The highest BCUT2D eigenvalue weighted by Crippen LogP contribution is 2.24. The topological polar surface area (TPSA) is 9.23 Å². The molecule has 1 rings (SSSR count). The third-order valence-corrected chi connectivity index (χ3v) is 3.84. The molecule has 0 bridgehead atoms. The van der Waals surface area contributed by atoms with E-state index in [0.29, 0.717) is 5.92 Å². The number of rotatable bonds is 7. The monoisotopic (exact) mass is 346 g/mol. The van der Waals surface area contributed by atoms with Gasteiger partial charge in [-0.1, -0.05) is 67.1 Å². The molecule has 96 valence electrons. The summed E-state index contributed by atoms with van der Waals surface area (Å²) in [7, 11) is 0. The van der Waals surface area contributed by atoms with Crippen molar-refractivity contribution in [3.8, 4) is 0 Å². The summed E-state index contributed by atoms with van der Waals surface area (Å²) < 4.78 is 7.08. The van der Waals surface area contributed by atoms with Crippen molar-refractivity contribution in [2.75, 3.05) is 11.0 Å². The molecule has 0 fully saturated rings. The fraction of sp³-hybridized carbons (Fsp3) is 0.600. The van der Waals surface area contributed by atoms with Gasteiger partial charge in [-0.25, -0.2) is 0 Å². The first-order valence-electron chi connectivity index (χ1n) is 6.42. The zero-order valence-corrected chi connectivity index (χ0v) is 13.2. The number of hydrogen-bond acceptors (Lipinski definition) is 1. The van der Waals surface area contributed by atoms with Gasteiger partial charge in [-0.3, -0.25) is 0 Å². The highest BCUT2D eigenvalue weighted by molar-refractivity contribution is 14.1. The molecule has 0 N–H and O–H groups in total. The van der Waals surface area contributed by atoms with Crippen LogP contribution >= 0.6 is 22.6 Å². The van der Waals surface area contributed by atoms with E-state index in [4.69, 9.17) is 4.74 Å². The number of halogens is 1. The number of hydrogen-bond donors (Lipinski definition) is 0. The Morgan fingerprint density at radius 2 is 2.00 bits per heavy atom. The Balaban J connectivity index is 2.57. The fourth-order valence-corrected chi connectivity index (χ4v) is 2.75. The Labute approximate surface area is 119 Å². The summed E-state index contributed by atoms with van der Waals surface area (Å²) in [6.45, 7) is 7.53. The van der Waals surface area contributed by atoms with Crippen molar-refractivity contribution in [2.45, 2.75) is 39.7 Å². The number of aryl methyl sites for hydroxylation is 1. The van der Waals surface area contributed by atoms with Gasteiger partial charge in [0.25, 0.3) is 0 Å². The molecule has 2 atom stereocenters. The average Bonchev–Trinajstić information content (AvgIpc) is 2.32. The quantitative estimate of drug-likeness (QED) is 0.503. The van der Waals surface area contributed by atoms with Gasteiger partial charge in [0.1, 0.15) is 0 Å². The Morgan fingerprint density at radius 3 is 2.59 bits per heavy atom. The minimum absolute atomic E-state index is 0.246. The van der Waals surface area contributed by atoms with Gasteiger partial charge in [-0.2, -0.15) is 0 Å². The lowest BCUT2D eigenvalue weighted by Gasteiger charge is -2.20. The summed E-state index contributed by atoms with van der Waals surface area (Å²) >= 11 is 2.41. The molecule has 0 aliphatic carbocycles. The highest BCUT2D eigenvalue weighted by atomic mass is 127. The van der Waals surface area contributed by atoms with E-state index in [1.807, 2.05) is 0 Å². The minimum atomic E-state index is 0.246. The van der Waals surface area contributed by atoms with Crippen LogP contribution in [-0.2, 0) is 4.74 Å². The van der Waals surface area contributed by atoms with Crippen molar-refractivity contribution in [3.05, 3.63) is 35.4 Å². The second-order valence-corrected chi connectivity index (χ2v) is 5.61. The van der Waals surface area contributed by atoms with Crippen LogP contribution in [0, 0.1) is 12.8 Å². The molecule has 0 aliphatic heterocycles. The fourth-order valence-electron chi connectivity index (χ4n) is 2.02. The number of alkyl halides is 1. The van der Waals surface area contributed by atoms with E-state index in [1.165, 1.54) is 24.0 Å². The Hall–Kier alpha value is -0.0900. The molecule has 0 heterocycles. The van der Waals surface area contributed by atoms with Crippen LogP contribution in [0.15, 0.2) is 24.3 Å². The van der Waals surface area contributed by atoms with Gasteiger partial charge in [0.05, 0.1) is 6.10 Å². The molecule has 1 nitrogen and oxygen atoms in total. The zero-order chi connectivity index (χ0) is 12.7. The van der Waals surface area contributed by atoms with Crippen molar-refractivity contribution in [1.82, 2.24) is 0 Å². The van der Waals surface area contributed by atoms with Crippen LogP contribution in [0.3, 0.4) is 0 Å². The first kappa shape index (κ1) is 15.0. The first-order chi connectivity index (χ1) is 8.19. The van der Waals surface area contributed by atoms with Gasteiger partial charge in [0.15, 0.2) is 0 Å². The van der Waals surface area contributed by atoms with Gasteiger partial charge in [-0.05, 0) is 30.4 Å². The maximum Gasteiger partial charge on any atom is 0.0916 e. The Kier molecular flexibility index (Phi) is 7.12. The molecule has 17 heavy (non-hydrogen) atoms. The normalized spacial score (nSPS) is 14.6. The van der Waals surface area contributed by atoms with Crippen LogP contribution < -0.4 is 0 Å². The molecule has 0 saturated carbocycles. The molecule has 0 spiro atoms. The van der Waals surface area contributed by atoms with E-state index < -0.39 is 0 Å². The summed E-state index contributed by atoms with van der Waals surface area (Å²) in [4.78, 5) is 0. The van der Waals surface area contributed by atoms with Gasteiger partial charge < -0.3 is 4.74 Å². The maximum absolute atomic E-state index is 6.06. The van der Waals surface area contributed by atoms with Crippen molar-refractivity contribution in [2.24, 2.45) is 5.92 Å². The molecule has 0 aliphatic rings. The van der Waals surface area contributed by atoms with Gasteiger partial charge in [0, 0.05) is 11.0 Å². The smallest absolute Gasteiger partial charge is 0.0916 e. The molecule has 0 saturated heterocycles. The van der Waals surface area contributed by atoms with Crippen molar-refractivity contribution < 1.29 is 4.74 Å². The first-order valence-corrected chi connectivity index (χ1v) is 7.94. The molecule has 1 aromatic carbocycles. The van der Waals surface area contributed by atoms with Crippen LogP contribution in [0.2, 0.25) is 0 Å². The molecular formula is C15H23IO. The van der Waals surface area contributed by atoms with E-state index >= 15 is 0 Å². The summed E-state index contributed by atoms with van der Waals surface area (Å²) in [5.41, 5.74) is 2.67. The van der Waals surface area contributed by atoms with E-state index in [1.54, 1.807) is 0 Å². The molecule has 2 unspecified atom stereocenters. The van der Waals surface area contributed by atoms with Crippen molar-refractivity contribution >= 4 is 22.6 Å². The van der Waals surface area contributed by atoms with E-state index in [-0.39, 0.29) is 6.10 Å². The average molecular weight is 346 g/mol. The SMILES string of the molecule is CCCC(C)COC(CI)c1ccccc1C. The third-order valence-electron chi connectivity index (χ3n) is 3.04. The summed E-state index contributed by atoms with van der Waals surface area (Å²) in [5, 5.41) is 0. The lowest BCUT2D eigenvalue weighted by atomic mass is 10.0. The van der Waals surface area contributed by atoms with Crippen molar-refractivity contribution in [3.63, 3.8) is 0 Å². The molecule has 0 amide bonds. The van der Waals surface area contributed by atoms with Crippen LogP contribution in [0.25, 0.3) is 0 Å². The molecule has 2 heteroatoms. The predicted molar refractivity (Wildman–Crippen MR) is 82.8 cm³/mol. The highest BCUT2D eigenvalue weighted by Gasteiger charge is 2.13. The van der Waals surface area contributed by atoms with E-state index in [0.717, 1.165) is 11.0 Å². The minimum Gasteiger partial charge on any atom is -0.372 e. The maximum atomic E-state index is 6.06. The summed E-state index contributed by atoms with van der Waals surface area (Å²) in [5.74, 6) is 0.662. The molecular weight excluding hydrogens is 323 g/mol. The predicted octanol–water partition coefficient (Wildman–Crippen LogP) is 4.92. The molecule has 1 aromatic rings. The van der Waals surface area contributed by atoms with Gasteiger partial charge in [-0.15, -0.1) is 0 Å². The van der Waals surface area contributed by atoms with Crippen LogP contribution in [0.5, 0.6) is 0 Å². The van der Waals surface area contributed by atoms with Gasteiger partial charge in [0.2, 0.25) is 0 Å². The lowest BCUT2D eigenvalue weighted by molar-refractivity contribution is 0.0455. The zero-order valence-electron chi connectivity index (χ0n) is 11.1. The molecule has 0 aromatic heterocycles. The standard InChI is InChI=1S/C15H23IO/c1-4-7-12(2)11-17-15(10-16)14-9-6-5-8-13(14)3/h5-6,8-9,12,15H,4,7,10-11H2,1-3H3. The van der Waals surface area contributed by atoms with Crippen molar-refractivity contribution in [1.29, 1.82) is 0 Å². The van der Waals surface area contributed by atoms with Gasteiger partial charge >= 0.3 is 0 Å². The van der Waals surface area contributed by atoms with Crippen LogP contribution in [0.1, 0.15) is 43.9 Å².